The first-order valence-electron chi connectivity index (χ1n) is 6.51. The molecule has 0 radical (unpaired) electrons. The molecule has 2 nitrogen and oxygen atoms in total. The fourth-order valence-electron chi connectivity index (χ4n) is 4.21. The molecule has 1 spiro atoms. The van der Waals surface area contributed by atoms with Crippen molar-refractivity contribution in [1.29, 1.82) is 0 Å². The summed E-state index contributed by atoms with van der Waals surface area (Å²) >= 11 is 0. The Morgan fingerprint density at radius 2 is 2.31 bits per heavy atom. The molecule has 0 amide bonds. The average molecular weight is 222 g/mol. The molecule has 0 bridgehead atoms. The summed E-state index contributed by atoms with van der Waals surface area (Å²) in [6.45, 7) is 4.22. The monoisotopic (exact) mass is 222 g/mol. The predicted octanol–water partition coefficient (Wildman–Crippen LogP) is 3.62. The van der Waals surface area contributed by atoms with Crippen LogP contribution in [0.1, 0.15) is 52.4 Å². The van der Waals surface area contributed by atoms with Gasteiger partial charge in [-0.3, -0.25) is 4.79 Å². The first-order valence-corrected chi connectivity index (χ1v) is 6.51. The van der Waals surface area contributed by atoms with Gasteiger partial charge in [-0.2, -0.15) is 0 Å². The van der Waals surface area contributed by atoms with Gasteiger partial charge in [0.25, 0.3) is 0 Å². The summed E-state index contributed by atoms with van der Waals surface area (Å²) in [5, 5.41) is 9.51. The number of aliphatic carboxylic acids is 1. The van der Waals surface area contributed by atoms with Crippen LogP contribution in [-0.2, 0) is 4.79 Å². The van der Waals surface area contributed by atoms with Gasteiger partial charge in [0, 0.05) is 0 Å². The molecule has 0 aromatic carbocycles. The molecule has 3 unspecified atom stereocenters. The highest BCUT2D eigenvalue weighted by atomic mass is 16.4. The zero-order chi connectivity index (χ0) is 11.8. The van der Waals surface area contributed by atoms with Crippen molar-refractivity contribution in [3.8, 4) is 0 Å². The Labute approximate surface area is 97.7 Å². The molecule has 0 heterocycles. The fourth-order valence-corrected chi connectivity index (χ4v) is 4.21. The molecule has 0 aliphatic heterocycles. The topological polar surface area (TPSA) is 37.3 Å². The quantitative estimate of drug-likeness (QED) is 0.724. The maximum Gasteiger partial charge on any atom is 0.311 e. The van der Waals surface area contributed by atoms with Gasteiger partial charge in [0.05, 0.1) is 5.92 Å². The lowest BCUT2D eigenvalue weighted by molar-refractivity contribution is -0.146. The van der Waals surface area contributed by atoms with Crippen LogP contribution in [0, 0.1) is 17.3 Å². The van der Waals surface area contributed by atoms with Gasteiger partial charge in [0.15, 0.2) is 0 Å². The van der Waals surface area contributed by atoms with Gasteiger partial charge in [0.2, 0.25) is 0 Å². The lowest BCUT2D eigenvalue weighted by Gasteiger charge is -2.43. The van der Waals surface area contributed by atoms with E-state index in [9.17, 15) is 9.90 Å². The summed E-state index contributed by atoms with van der Waals surface area (Å²) in [6, 6.07) is 0. The molecular formula is C14H22O2. The Balaban J connectivity index is 2.38. The summed E-state index contributed by atoms with van der Waals surface area (Å²) in [5.74, 6) is -0.195. The summed E-state index contributed by atoms with van der Waals surface area (Å²) in [4.78, 5) is 11.5. The molecule has 0 aromatic rings. The van der Waals surface area contributed by atoms with Gasteiger partial charge in [-0.25, -0.2) is 0 Å². The Kier molecular flexibility index (Phi) is 3.09. The van der Waals surface area contributed by atoms with Crippen molar-refractivity contribution in [1.82, 2.24) is 0 Å². The van der Waals surface area contributed by atoms with Crippen molar-refractivity contribution in [2.45, 2.75) is 52.4 Å². The van der Waals surface area contributed by atoms with Crippen LogP contribution in [0.15, 0.2) is 11.6 Å². The van der Waals surface area contributed by atoms with Crippen molar-refractivity contribution < 1.29 is 9.90 Å². The third kappa shape index (κ3) is 1.59. The Morgan fingerprint density at radius 1 is 1.56 bits per heavy atom. The lowest BCUT2D eigenvalue weighted by Crippen LogP contribution is -2.41. The smallest absolute Gasteiger partial charge is 0.311 e. The number of carbonyl (C=O) groups is 1. The number of hydrogen-bond acceptors (Lipinski definition) is 1. The van der Waals surface area contributed by atoms with Crippen LogP contribution in [0.3, 0.4) is 0 Å². The van der Waals surface area contributed by atoms with E-state index in [4.69, 9.17) is 0 Å². The Morgan fingerprint density at radius 3 is 2.94 bits per heavy atom. The van der Waals surface area contributed by atoms with E-state index in [1.165, 1.54) is 12.8 Å². The van der Waals surface area contributed by atoms with Crippen molar-refractivity contribution in [3.05, 3.63) is 11.6 Å². The van der Waals surface area contributed by atoms with Gasteiger partial charge in [0.1, 0.15) is 0 Å². The molecule has 0 saturated heterocycles. The maximum absolute atomic E-state index is 11.5. The number of allylic oxidation sites excluding steroid dienone is 1. The Bertz CT molecular complexity index is 319. The highest BCUT2D eigenvalue weighted by molar-refractivity contribution is 5.75. The van der Waals surface area contributed by atoms with Crippen LogP contribution < -0.4 is 0 Å². The van der Waals surface area contributed by atoms with Crippen molar-refractivity contribution >= 4 is 5.97 Å². The minimum Gasteiger partial charge on any atom is -0.481 e. The standard InChI is InChI=1S/C14H22O2/c1-3-11-7-5-9-14(11)8-4-6-10(2)12(14)13(15)16/h6,11-12H,3-5,7-9H2,1-2H3,(H,15,16). The molecule has 90 valence electrons. The van der Waals surface area contributed by atoms with Crippen LogP contribution in [0.25, 0.3) is 0 Å². The normalized spacial score (nSPS) is 38.8. The van der Waals surface area contributed by atoms with Crippen LogP contribution in [0.2, 0.25) is 0 Å². The minimum absolute atomic E-state index is 0.0828. The van der Waals surface area contributed by atoms with Crippen LogP contribution in [-0.4, -0.2) is 11.1 Å². The van der Waals surface area contributed by atoms with Crippen molar-refractivity contribution in [3.63, 3.8) is 0 Å². The molecule has 16 heavy (non-hydrogen) atoms. The molecule has 0 aromatic heterocycles. The van der Waals surface area contributed by atoms with E-state index in [1.54, 1.807) is 0 Å². The zero-order valence-electron chi connectivity index (χ0n) is 10.3. The van der Waals surface area contributed by atoms with Gasteiger partial charge < -0.3 is 5.11 Å². The van der Waals surface area contributed by atoms with Gasteiger partial charge >= 0.3 is 5.97 Å². The SMILES string of the molecule is CCC1CCCC12CCC=C(C)C2C(=O)O. The van der Waals surface area contributed by atoms with Crippen molar-refractivity contribution in [2.75, 3.05) is 0 Å². The molecule has 3 atom stereocenters. The molecule has 2 rings (SSSR count). The van der Waals surface area contributed by atoms with E-state index in [1.807, 2.05) is 6.92 Å². The molecular weight excluding hydrogens is 200 g/mol. The first kappa shape index (κ1) is 11.7. The summed E-state index contributed by atoms with van der Waals surface area (Å²) in [6.07, 6.45) is 8.99. The fraction of sp³-hybridized carbons (Fsp3) is 0.786. The highest BCUT2D eigenvalue weighted by Gasteiger charge is 2.51. The second-order valence-electron chi connectivity index (χ2n) is 5.49. The third-order valence-electron chi connectivity index (χ3n) is 4.85. The van der Waals surface area contributed by atoms with E-state index in [0.29, 0.717) is 5.92 Å². The highest BCUT2D eigenvalue weighted by Crippen LogP contribution is 2.57. The maximum atomic E-state index is 11.5. The molecule has 1 saturated carbocycles. The third-order valence-corrected chi connectivity index (χ3v) is 4.85. The van der Waals surface area contributed by atoms with Crippen LogP contribution in [0.5, 0.6) is 0 Å². The number of hydrogen-bond donors (Lipinski definition) is 1. The van der Waals surface area contributed by atoms with E-state index in [0.717, 1.165) is 31.3 Å². The van der Waals surface area contributed by atoms with Gasteiger partial charge in [-0.1, -0.05) is 31.4 Å². The summed E-state index contributed by atoms with van der Waals surface area (Å²) in [7, 11) is 0. The van der Waals surface area contributed by atoms with Crippen LogP contribution >= 0.6 is 0 Å². The van der Waals surface area contributed by atoms with E-state index in [-0.39, 0.29) is 11.3 Å². The van der Waals surface area contributed by atoms with E-state index in [2.05, 4.69) is 13.0 Å². The first-order chi connectivity index (χ1) is 7.62. The van der Waals surface area contributed by atoms with Crippen LogP contribution in [0.4, 0.5) is 0 Å². The summed E-state index contributed by atoms with van der Waals surface area (Å²) < 4.78 is 0. The van der Waals surface area contributed by atoms with E-state index >= 15 is 0 Å². The molecule has 1 fully saturated rings. The molecule has 2 aliphatic carbocycles. The molecule has 2 aliphatic rings. The molecule has 2 heteroatoms. The second-order valence-corrected chi connectivity index (χ2v) is 5.49. The lowest BCUT2D eigenvalue weighted by atomic mass is 9.60. The summed E-state index contributed by atoms with van der Waals surface area (Å²) in [5.41, 5.74) is 1.18. The van der Waals surface area contributed by atoms with Gasteiger partial charge in [-0.05, 0) is 43.9 Å². The second kappa shape index (κ2) is 4.23. The minimum atomic E-state index is -0.603. The zero-order valence-corrected chi connectivity index (χ0v) is 10.3. The predicted molar refractivity (Wildman–Crippen MR) is 64.2 cm³/mol. The number of carboxylic acid groups (broad SMARTS) is 1. The molecule has 1 N–H and O–H groups in total. The Hall–Kier alpha value is -0.790. The van der Waals surface area contributed by atoms with Gasteiger partial charge in [-0.15, -0.1) is 0 Å². The number of carboxylic acids is 1. The number of rotatable bonds is 2. The average Bonchev–Trinajstić information content (AvgIpc) is 2.60. The largest absolute Gasteiger partial charge is 0.481 e. The van der Waals surface area contributed by atoms with E-state index < -0.39 is 5.97 Å². The van der Waals surface area contributed by atoms with Crippen molar-refractivity contribution in [2.24, 2.45) is 17.3 Å².